The molecular formula is C8H13BrN2S. The lowest BCUT2D eigenvalue weighted by molar-refractivity contribution is 0.770. The monoisotopic (exact) mass is 248 g/mol. The van der Waals surface area contributed by atoms with Crippen molar-refractivity contribution in [1.82, 2.24) is 5.32 Å². The Kier molecular flexibility index (Phi) is 4.05. The number of nitrogens with zero attached hydrogens (tertiary/aromatic N) is 1. The van der Waals surface area contributed by atoms with Crippen molar-refractivity contribution in [1.29, 1.82) is 0 Å². The fraction of sp³-hybridized carbons (Fsp3) is 0.500. The summed E-state index contributed by atoms with van der Waals surface area (Å²) >= 11 is 5.27. The van der Waals surface area contributed by atoms with Crippen molar-refractivity contribution < 1.29 is 0 Å². The lowest BCUT2D eigenvalue weighted by Crippen LogP contribution is -2.26. The highest BCUT2D eigenvalue weighted by atomic mass is 79.9. The van der Waals surface area contributed by atoms with Crippen LogP contribution in [-0.4, -0.2) is 27.2 Å². The molecule has 68 valence electrons. The van der Waals surface area contributed by atoms with Gasteiger partial charge in [0, 0.05) is 20.1 Å². The van der Waals surface area contributed by atoms with Gasteiger partial charge < -0.3 is 10.2 Å². The van der Waals surface area contributed by atoms with Gasteiger partial charge in [0.05, 0.1) is 4.47 Å². The normalized spacial score (nSPS) is 10.2. The minimum atomic E-state index is 1.01. The van der Waals surface area contributed by atoms with Crippen LogP contribution in [0.25, 0.3) is 0 Å². The van der Waals surface area contributed by atoms with Crippen molar-refractivity contribution in [2.75, 3.05) is 32.1 Å². The molecule has 12 heavy (non-hydrogen) atoms. The Morgan fingerprint density at radius 2 is 2.42 bits per heavy atom. The third kappa shape index (κ3) is 2.47. The number of likely N-dealkylation sites (N-methyl/N-ethyl adjacent to an activating group) is 2. The van der Waals surface area contributed by atoms with Crippen LogP contribution in [0.4, 0.5) is 5.00 Å². The number of hydrogen-bond acceptors (Lipinski definition) is 3. The van der Waals surface area contributed by atoms with E-state index in [1.54, 1.807) is 11.3 Å². The van der Waals surface area contributed by atoms with E-state index in [0.29, 0.717) is 0 Å². The van der Waals surface area contributed by atoms with Crippen LogP contribution >= 0.6 is 27.3 Å². The number of halogens is 1. The summed E-state index contributed by atoms with van der Waals surface area (Å²) in [5.41, 5.74) is 0. The number of hydrogen-bond donors (Lipinski definition) is 1. The third-order valence-corrected chi connectivity index (χ3v) is 3.57. The van der Waals surface area contributed by atoms with Gasteiger partial charge >= 0.3 is 0 Å². The Morgan fingerprint density at radius 1 is 1.67 bits per heavy atom. The number of anilines is 1. The van der Waals surface area contributed by atoms with E-state index in [9.17, 15) is 0 Å². The molecule has 4 heteroatoms. The van der Waals surface area contributed by atoms with Crippen molar-refractivity contribution in [2.24, 2.45) is 0 Å². The quantitative estimate of drug-likeness (QED) is 0.879. The number of rotatable bonds is 4. The fourth-order valence-corrected chi connectivity index (χ4v) is 2.61. The first-order chi connectivity index (χ1) is 5.75. The van der Waals surface area contributed by atoms with Crippen LogP contribution in [0.2, 0.25) is 0 Å². The van der Waals surface area contributed by atoms with Crippen LogP contribution in [0.3, 0.4) is 0 Å². The SMILES string of the molecule is CNCCN(C)c1sccc1Br. The maximum atomic E-state index is 3.51. The molecule has 1 heterocycles. The molecule has 0 amide bonds. The highest BCUT2D eigenvalue weighted by Crippen LogP contribution is 2.30. The second-order valence-corrected chi connectivity index (χ2v) is 4.35. The van der Waals surface area contributed by atoms with Gasteiger partial charge in [-0.25, -0.2) is 0 Å². The first-order valence-electron chi connectivity index (χ1n) is 3.84. The minimum Gasteiger partial charge on any atom is -0.364 e. The molecule has 0 aliphatic heterocycles. The largest absolute Gasteiger partial charge is 0.364 e. The summed E-state index contributed by atoms with van der Waals surface area (Å²) in [6.45, 7) is 2.05. The second-order valence-electron chi connectivity index (χ2n) is 2.60. The lowest BCUT2D eigenvalue weighted by atomic mass is 10.5. The zero-order valence-corrected chi connectivity index (χ0v) is 9.70. The Hall–Kier alpha value is -0.0600. The van der Waals surface area contributed by atoms with Gasteiger partial charge in [-0.1, -0.05) is 0 Å². The number of thiophene rings is 1. The van der Waals surface area contributed by atoms with Crippen molar-refractivity contribution in [3.8, 4) is 0 Å². The van der Waals surface area contributed by atoms with Gasteiger partial charge in [0.15, 0.2) is 0 Å². The van der Waals surface area contributed by atoms with E-state index < -0.39 is 0 Å². The van der Waals surface area contributed by atoms with E-state index in [1.165, 1.54) is 9.47 Å². The van der Waals surface area contributed by atoms with E-state index in [2.05, 4.69) is 44.6 Å². The van der Waals surface area contributed by atoms with Crippen molar-refractivity contribution >= 4 is 32.3 Å². The maximum Gasteiger partial charge on any atom is 0.105 e. The predicted octanol–water partition coefficient (Wildman–Crippen LogP) is 2.17. The molecule has 2 nitrogen and oxygen atoms in total. The molecular weight excluding hydrogens is 236 g/mol. The van der Waals surface area contributed by atoms with Crippen molar-refractivity contribution in [3.63, 3.8) is 0 Å². The van der Waals surface area contributed by atoms with E-state index in [0.717, 1.165) is 13.1 Å². The van der Waals surface area contributed by atoms with Crippen LogP contribution in [0.1, 0.15) is 0 Å². The zero-order valence-electron chi connectivity index (χ0n) is 7.30. The predicted molar refractivity (Wildman–Crippen MR) is 59.2 cm³/mol. The molecule has 0 aliphatic rings. The van der Waals surface area contributed by atoms with Crippen LogP contribution in [0, 0.1) is 0 Å². The standard InChI is InChI=1S/C8H13BrN2S/c1-10-4-5-11(2)8-7(9)3-6-12-8/h3,6,10H,4-5H2,1-2H3. The van der Waals surface area contributed by atoms with E-state index in [4.69, 9.17) is 0 Å². The van der Waals surface area contributed by atoms with Crippen LogP contribution in [0.15, 0.2) is 15.9 Å². The molecule has 0 aromatic carbocycles. The summed E-state index contributed by atoms with van der Waals surface area (Å²) in [4.78, 5) is 2.24. The highest BCUT2D eigenvalue weighted by Gasteiger charge is 2.05. The molecule has 1 rings (SSSR count). The van der Waals surface area contributed by atoms with Crippen molar-refractivity contribution in [2.45, 2.75) is 0 Å². The average molecular weight is 249 g/mol. The minimum absolute atomic E-state index is 1.01. The Balaban J connectivity index is 2.52. The summed E-state index contributed by atoms with van der Waals surface area (Å²) in [6.07, 6.45) is 0. The molecule has 0 radical (unpaired) electrons. The van der Waals surface area contributed by atoms with Gasteiger partial charge in [0.2, 0.25) is 0 Å². The Bertz CT molecular complexity index is 237. The summed E-state index contributed by atoms with van der Waals surface area (Å²) in [6, 6.07) is 2.08. The Morgan fingerprint density at radius 3 is 2.92 bits per heavy atom. The van der Waals surface area contributed by atoms with Gasteiger partial charge in [-0.3, -0.25) is 0 Å². The smallest absolute Gasteiger partial charge is 0.105 e. The van der Waals surface area contributed by atoms with Crippen molar-refractivity contribution in [3.05, 3.63) is 15.9 Å². The molecule has 0 saturated heterocycles. The maximum absolute atomic E-state index is 3.51. The average Bonchev–Trinajstić information content (AvgIpc) is 2.47. The van der Waals surface area contributed by atoms with Gasteiger partial charge in [-0.05, 0) is 34.4 Å². The second kappa shape index (κ2) is 4.84. The third-order valence-electron chi connectivity index (χ3n) is 1.64. The topological polar surface area (TPSA) is 15.3 Å². The Labute approximate surface area is 85.7 Å². The summed E-state index contributed by atoms with van der Waals surface area (Å²) < 4.78 is 1.19. The molecule has 1 N–H and O–H groups in total. The highest BCUT2D eigenvalue weighted by molar-refractivity contribution is 9.10. The molecule has 0 unspecified atom stereocenters. The fourth-order valence-electron chi connectivity index (χ4n) is 0.939. The molecule has 0 atom stereocenters. The summed E-state index contributed by atoms with van der Waals surface area (Å²) in [7, 11) is 4.07. The first-order valence-corrected chi connectivity index (χ1v) is 5.51. The van der Waals surface area contributed by atoms with E-state index in [-0.39, 0.29) is 0 Å². The van der Waals surface area contributed by atoms with E-state index in [1.807, 2.05) is 7.05 Å². The first kappa shape index (κ1) is 10.0. The number of nitrogens with one attached hydrogen (secondary N) is 1. The van der Waals surface area contributed by atoms with E-state index >= 15 is 0 Å². The summed E-state index contributed by atoms with van der Waals surface area (Å²) in [5, 5.41) is 6.52. The molecule has 1 aromatic rings. The van der Waals surface area contributed by atoms with Gasteiger partial charge in [0.25, 0.3) is 0 Å². The molecule has 0 spiro atoms. The van der Waals surface area contributed by atoms with Crippen LogP contribution in [-0.2, 0) is 0 Å². The van der Waals surface area contributed by atoms with Gasteiger partial charge in [-0.2, -0.15) is 0 Å². The lowest BCUT2D eigenvalue weighted by Gasteiger charge is -2.17. The molecule has 0 fully saturated rings. The van der Waals surface area contributed by atoms with Gasteiger partial charge in [0.1, 0.15) is 5.00 Å². The molecule has 0 bridgehead atoms. The van der Waals surface area contributed by atoms with Gasteiger partial charge in [-0.15, -0.1) is 11.3 Å². The summed E-state index contributed by atoms with van der Waals surface area (Å²) in [5.74, 6) is 0. The molecule has 0 saturated carbocycles. The molecule has 0 aliphatic carbocycles. The zero-order chi connectivity index (χ0) is 8.97. The molecule has 1 aromatic heterocycles. The van der Waals surface area contributed by atoms with Crippen LogP contribution < -0.4 is 10.2 Å². The van der Waals surface area contributed by atoms with Crippen LogP contribution in [0.5, 0.6) is 0 Å².